The molecule has 0 bridgehead atoms. The Bertz CT molecular complexity index is 1160. The molecule has 5 rings (SSSR count). The number of aromatic nitrogens is 3. The maximum absolute atomic E-state index is 12.1. The Morgan fingerprint density at radius 1 is 0.893 bits per heavy atom. The number of para-hydroxylation sites is 1. The van der Waals surface area contributed by atoms with Crippen molar-refractivity contribution in [3.63, 3.8) is 0 Å². The van der Waals surface area contributed by atoms with Crippen LogP contribution in [-0.2, 0) is 0 Å². The molecule has 0 aliphatic carbocycles. The van der Waals surface area contributed by atoms with E-state index in [1.807, 2.05) is 72.7 Å². The van der Waals surface area contributed by atoms with E-state index in [4.69, 9.17) is 4.98 Å². The molecule has 0 radical (unpaired) electrons. The molecule has 0 N–H and O–H groups in total. The quantitative estimate of drug-likeness (QED) is 0.549. The Morgan fingerprint density at radius 3 is 2.46 bits per heavy atom. The number of carbonyl (C=O) groups is 1. The van der Waals surface area contributed by atoms with Crippen LogP contribution in [0.15, 0.2) is 73.1 Å². The van der Waals surface area contributed by atoms with Crippen LogP contribution in [0.1, 0.15) is 0 Å². The monoisotopic (exact) mass is 369 g/mol. The van der Waals surface area contributed by atoms with Gasteiger partial charge in [0.1, 0.15) is 0 Å². The van der Waals surface area contributed by atoms with Crippen LogP contribution in [-0.4, -0.2) is 45.8 Å². The van der Waals surface area contributed by atoms with Gasteiger partial charge in [-0.3, -0.25) is 4.90 Å². The van der Waals surface area contributed by atoms with Gasteiger partial charge >= 0.3 is 6.03 Å². The lowest BCUT2D eigenvalue weighted by atomic mass is 10.1. The maximum atomic E-state index is 12.1. The summed E-state index contributed by atoms with van der Waals surface area (Å²) >= 11 is 0. The molecule has 1 aliphatic heterocycles. The van der Waals surface area contributed by atoms with Gasteiger partial charge in [0, 0.05) is 43.0 Å². The number of anilines is 1. The van der Waals surface area contributed by atoms with Crippen molar-refractivity contribution >= 4 is 22.6 Å². The van der Waals surface area contributed by atoms with E-state index in [-0.39, 0.29) is 6.03 Å². The summed E-state index contributed by atoms with van der Waals surface area (Å²) in [7, 11) is 1.82. The number of rotatable bonds is 3. The standard InChI is InChI=1S/C22H19N5O/c1-25-12-13-26(22(25)28)18-7-9-19(10-8-18)27-15-17(14-23-27)21-11-6-16-4-2-3-5-20(16)24-21/h2-11,14-15H,12-13H2,1H3. The highest BCUT2D eigenvalue weighted by Crippen LogP contribution is 2.24. The fourth-order valence-electron chi connectivity index (χ4n) is 3.50. The molecule has 0 atom stereocenters. The van der Waals surface area contributed by atoms with Gasteiger partial charge in [-0.2, -0.15) is 5.10 Å². The van der Waals surface area contributed by atoms with Crippen molar-refractivity contribution in [1.29, 1.82) is 0 Å². The molecule has 0 unspecified atom stereocenters. The Hall–Kier alpha value is -3.67. The van der Waals surface area contributed by atoms with E-state index in [1.54, 1.807) is 9.80 Å². The van der Waals surface area contributed by atoms with Gasteiger partial charge in [0.2, 0.25) is 0 Å². The number of amides is 2. The highest BCUT2D eigenvalue weighted by molar-refractivity contribution is 5.94. The molecule has 2 aromatic carbocycles. The van der Waals surface area contributed by atoms with E-state index in [1.165, 1.54) is 0 Å². The number of pyridine rings is 1. The molecule has 6 nitrogen and oxygen atoms in total. The average Bonchev–Trinajstić information content (AvgIpc) is 3.36. The Kier molecular flexibility index (Phi) is 3.83. The first kappa shape index (κ1) is 16.5. The van der Waals surface area contributed by atoms with Crippen molar-refractivity contribution in [3.05, 3.63) is 73.1 Å². The van der Waals surface area contributed by atoms with E-state index in [2.05, 4.69) is 17.2 Å². The van der Waals surface area contributed by atoms with Crippen molar-refractivity contribution in [1.82, 2.24) is 19.7 Å². The van der Waals surface area contributed by atoms with Gasteiger partial charge in [0.05, 0.1) is 23.1 Å². The fraction of sp³-hybridized carbons (Fsp3) is 0.136. The average molecular weight is 369 g/mol. The lowest BCUT2D eigenvalue weighted by Gasteiger charge is -2.16. The topological polar surface area (TPSA) is 54.3 Å². The van der Waals surface area contributed by atoms with Crippen LogP contribution in [0.5, 0.6) is 0 Å². The van der Waals surface area contributed by atoms with E-state index in [9.17, 15) is 4.79 Å². The minimum Gasteiger partial charge on any atom is -0.326 e. The summed E-state index contributed by atoms with van der Waals surface area (Å²) in [6.07, 6.45) is 3.80. The van der Waals surface area contributed by atoms with Crippen LogP contribution in [0.2, 0.25) is 0 Å². The zero-order valence-electron chi connectivity index (χ0n) is 15.5. The molecular formula is C22H19N5O. The Balaban J connectivity index is 1.42. The second-order valence-corrected chi connectivity index (χ2v) is 6.93. The van der Waals surface area contributed by atoms with Crippen LogP contribution in [0.3, 0.4) is 0 Å². The molecule has 0 saturated carbocycles. The molecule has 3 heterocycles. The third-order valence-electron chi connectivity index (χ3n) is 5.12. The summed E-state index contributed by atoms with van der Waals surface area (Å²) in [5.74, 6) is 0. The van der Waals surface area contributed by atoms with Gasteiger partial charge in [0.25, 0.3) is 0 Å². The molecule has 4 aromatic rings. The Morgan fingerprint density at radius 2 is 1.68 bits per heavy atom. The molecular weight excluding hydrogens is 350 g/mol. The predicted octanol–water partition coefficient (Wildman–Crippen LogP) is 3.96. The summed E-state index contributed by atoms with van der Waals surface area (Å²) < 4.78 is 1.83. The number of likely N-dealkylation sites (N-methyl/N-ethyl adjacent to an activating group) is 1. The van der Waals surface area contributed by atoms with E-state index < -0.39 is 0 Å². The van der Waals surface area contributed by atoms with Crippen LogP contribution in [0.4, 0.5) is 10.5 Å². The molecule has 2 amide bonds. The maximum Gasteiger partial charge on any atom is 0.324 e. The molecule has 2 aromatic heterocycles. The minimum atomic E-state index is 0.0384. The van der Waals surface area contributed by atoms with Crippen LogP contribution < -0.4 is 4.90 Å². The number of hydrogen-bond donors (Lipinski definition) is 0. The predicted molar refractivity (Wildman–Crippen MR) is 110 cm³/mol. The van der Waals surface area contributed by atoms with Crippen LogP contribution in [0, 0.1) is 0 Å². The van der Waals surface area contributed by atoms with Gasteiger partial charge in [-0.15, -0.1) is 0 Å². The molecule has 28 heavy (non-hydrogen) atoms. The minimum absolute atomic E-state index is 0.0384. The van der Waals surface area contributed by atoms with Crippen LogP contribution >= 0.6 is 0 Å². The lowest BCUT2D eigenvalue weighted by molar-refractivity contribution is 0.229. The van der Waals surface area contributed by atoms with Crippen molar-refractivity contribution in [2.75, 3.05) is 25.0 Å². The number of urea groups is 1. The summed E-state index contributed by atoms with van der Waals surface area (Å²) in [5.41, 5.74) is 4.67. The smallest absolute Gasteiger partial charge is 0.324 e. The van der Waals surface area contributed by atoms with Crippen molar-refractivity contribution in [2.45, 2.75) is 0 Å². The zero-order chi connectivity index (χ0) is 19.1. The number of benzene rings is 2. The largest absolute Gasteiger partial charge is 0.326 e. The number of carbonyl (C=O) groups excluding carboxylic acids is 1. The lowest BCUT2D eigenvalue weighted by Crippen LogP contribution is -2.29. The summed E-state index contributed by atoms with van der Waals surface area (Å²) in [5, 5.41) is 5.61. The van der Waals surface area contributed by atoms with Gasteiger partial charge in [-0.05, 0) is 36.4 Å². The molecule has 1 saturated heterocycles. The third kappa shape index (κ3) is 2.79. The number of nitrogens with zero attached hydrogens (tertiary/aromatic N) is 5. The molecule has 1 fully saturated rings. The first-order valence-electron chi connectivity index (χ1n) is 9.23. The first-order chi connectivity index (χ1) is 13.7. The molecule has 1 aliphatic rings. The summed E-state index contributed by atoms with van der Waals surface area (Å²) in [6, 6.07) is 20.1. The van der Waals surface area contributed by atoms with E-state index >= 15 is 0 Å². The molecule has 6 heteroatoms. The second-order valence-electron chi connectivity index (χ2n) is 6.93. The third-order valence-corrected chi connectivity index (χ3v) is 5.12. The van der Waals surface area contributed by atoms with Gasteiger partial charge in [-0.1, -0.05) is 24.3 Å². The summed E-state index contributed by atoms with van der Waals surface area (Å²) in [6.45, 7) is 1.47. The number of fused-ring (bicyclic) bond motifs is 1. The zero-order valence-corrected chi connectivity index (χ0v) is 15.5. The van der Waals surface area contributed by atoms with Gasteiger partial charge in [-0.25, -0.2) is 14.5 Å². The van der Waals surface area contributed by atoms with Gasteiger partial charge < -0.3 is 4.90 Å². The fourth-order valence-corrected chi connectivity index (χ4v) is 3.50. The van der Waals surface area contributed by atoms with Crippen molar-refractivity contribution < 1.29 is 4.79 Å². The SMILES string of the molecule is CN1CCN(c2ccc(-n3cc(-c4ccc5ccccc5n4)cn3)cc2)C1=O. The highest BCUT2D eigenvalue weighted by Gasteiger charge is 2.26. The number of hydrogen-bond acceptors (Lipinski definition) is 3. The van der Waals surface area contributed by atoms with Crippen molar-refractivity contribution in [2.24, 2.45) is 0 Å². The normalized spacial score (nSPS) is 14.2. The Labute approximate surface area is 162 Å². The van der Waals surface area contributed by atoms with E-state index in [0.29, 0.717) is 6.54 Å². The second kappa shape index (κ2) is 6.49. The van der Waals surface area contributed by atoms with Gasteiger partial charge in [0.15, 0.2) is 0 Å². The molecule has 138 valence electrons. The van der Waals surface area contributed by atoms with E-state index in [0.717, 1.165) is 40.1 Å². The molecule has 0 spiro atoms. The highest BCUT2D eigenvalue weighted by atomic mass is 16.2. The summed E-state index contributed by atoms with van der Waals surface area (Å²) in [4.78, 5) is 20.4. The van der Waals surface area contributed by atoms with Crippen molar-refractivity contribution in [3.8, 4) is 16.9 Å². The first-order valence-corrected chi connectivity index (χ1v) is 9.23. The van der Waals surface area contributed by atoms with Crippen LogP contribution in [0.25, 0.3) is 27.8 Å².